The lowest BCUT2D eigenvalue weighted by molar-refractivity contribution is 0.167. The number of imidazole rings is 1. The van der Waals surface area contributed by atoms with E-state index in [4.69, 9.17) is 0 Å². The topological polar surface area (TPSA) is 69.3 Å². The fourth-order valence-corrected chi connectivity index (χ4v) is 4.44. The van der Waals surface area contributed by atoms with E-state index >= 15 is 0 Å². The Hall–Kier alpha value is -0.920. The Morgan fingerprint density at radius 3 is 2.42 bits per heavy atom. The van der Waals surface area contributed by atoms with E-state index in [0.29, 0.717) is 19.1 Å². The van der Waals surface area contributed by atoms with Crippen molar-refractivity contribution in [1.82, 2.24) is 19.2 Å². The summed E-state index contributed by atoms with van der Waals surface area (Å²) >= 11 is 0. The van der Waals surface area contributed by atoms with E-state index < -0.39 is 10.0 Å². The van der Waals surface area contributed by atoms with Crippen LogP contribution < -0.4 is 0 Å². The summed E-state index contributed by atoms with van der Waals surface area (Å²) in [5.41, 5.74) is 0. The van der Waals surface area contributed by atoms with E-state index in [1.54, 1.807) is 4.31 Å². The zero-order valence-corrected chi connectivity index (χ0v) is 11.8. The predicted molar refractivity (Wildman–Crippen MR) is 71.2 cm³/mol. The van der Waals surface area contributed by atoms with Crippen molar-refractivity contribution in [3.8, 4) is 0 Å². The van der Waals surface area contributed by atoms with Crippen molar-refractivity contribution in [2.24, 2.45) is 0 Å². The van der Waals surface area contributed by atoms with Crippen LogP contribution in [-0.4, -0.2) is 59.8 Å². The predicted octanol–water partition coefficient (Wildman–Crippen LogP) is 0.659. The van der Waals surface area contributed by atoms with Crippen molar-refractivity contribution < 1.29 is 8.42 Å². The molecule has 0 spiro atoms. The molecule has 0 atom stereocenters. The molecule has 19 heavy (non-hydrogen) atoms. The number of rotatable bonds is 3. The summed E-state index contributed by atoms with van der Waals surface area (Å²) in [6.45, 7) is 3.58. The Kier molecular flexibility index (Phi) is 3.60. The molecule has 0 unspecified atom stereocenters. The second kappa shape index (κ2) is 5.22. The standard InChI is InChI=1S/C12H20N4O2S/c17-19(18,12-9-13-10-14-12)16-7-3-11(4-8-16)15-5-1-2-6-15/h9-11H,1-8H2,(H,13,14). The van der Waals surface area contributed by atoms with Gasteiger partial charge in [-0.25, -0.2) is 13.4 Å². The second-order valence-electron chi connectivity index (χ2n) is 5.29. The van der Waals surface area contributed by atoms with Gasteiger partial charge in [-0.15, -0.1) is 0 Å². The third kappa shape index (κ3) is 2.54. The Labute approximate surface area is 113 Å². The number of sulfonamides is 1. The molecule has 0 aromatic carbocycles. The minimum Gasteiger partial charge on any atom is -0.335 e. The minimum atomic E-state index is -3.37. The summed E-state index contributed by atoms with van der Waals surface area (Å²) in [6.07, 6.45) is 7.23. The van der Waals surface area contributed by atoms with Crippen LogP contribution in [0, 0.1) is 0 Å². The van der Waals surface area contributed by atoms with Crippen LogP contribution in [0.4, 0.5) is 0 Å². The highest BCUT2D eigenvalue weighted by Gasteiger charge is 2.32. The first-order valence-electron chi connectivity index (χ1n) is 6.90. The molecule has 3 rings (SSSR count). The molecule has 6 nitrogen and oxygen atoms in total. The Bertz CT molecular complexity index is 500. The first-order chi connectivity index (χ1) is 9.18. The van der Waals surface area contributed by atoms with Gasteiger partial charge in [0.15, 0.2) is 5.03 Å². The third-order valence-electron chi connectivity index (χ3n) is 4.17. The summed E-state index contributed by atoms with van der Waals surface area (Å²) in [5.74, 6) is 0. The molecule has 1 aromatic rings. The molecule has 1 aromatic heterocycles. The summed E-state index contributed by atoms with van der Waals surface area (Å²) in [4.78, 5) is 9.00. The lowest BCUT2D eigenvalue weighted by Crippen LogP contribution is -2.45. The monoisotopic (exact) mass is 284 g/mol. The minimum absolute atomic E-state index is 0.201. The molecule has 2 saturated heterocycles. The van der Waals surface area contributed by atoms with Crippen LogP contribution in [0.5, 0.6) is 0 Å². The number of likely N-dealkylation sites (tertiary alicyclic amines) is 1. The van der Waals surface area contributed by atoms with E-state index in [2.05, 4.69) is 14.9 Å². The maximum atomic E-state index is 12.3. The van der Waals surface area contributed by atoms with Crippen LogP contribution in [0.2, 0.25) is 0 Å². The quantitative estimate of drug-likeness (QED) is 0.885. The van der Waals surface area contributed by atoms with Gasteiger partial charge in [-0.3, -0.25) is 0 Å². The van der Waals surface area contributed by atoms with Crippen LogP contribution in [0.3, 0.4) is 0 Å². The largest absolute Gasteiger partial charge is 0.335 e. The van der Waals surface area contributed by atoms with Gasteiger partial charge in [-0.1, -0.05) is 0 Å². The van der Waals surface area contributed by atoms with Gasteiger partial charge in [0, 0.05) is 19.1 Å². The van der Waals surface area contributed by atoms with Crippen molar-refractivity contribution in [2.75, 3.05) is 26.2 Å². The van der Waals surface area contributed by atoms with Crippen LogP contribution in [0.25, 0.3) is 0 Å². The molecule has 2 fully saturated rings. The van der Waals surface area contributed by atoms with E-state index in [0.717, 1.165) is 12.8 Å². The van der Waals surface area contributed by atoms with E-state index in [-0.39, 0.29) is 5.03 Å². The molecule has 0 amide bonds. The van der Waals surface area contributed by atoms with Gasteiger partial charge in [0.1, 0.15) is 0 Å². The number of piperidine rings is 1. The fraction of sp³-hybridized carbons (Fsp3) is 0.750. The molecular weight excluding hydrogens is 264 g/mol. The highest BCUT2D eigenvalue weighted by atomic mass is 32.2. The first kappa shape index (κ1) is 13.1. The average Bonchev–Trinajstić information content (AvgIpc) is 3.12. The number of hydrogen-bond donors (Lipinski definition) is 1. The van der Waals surface area contributed by atoms with Crippen molar-refractivity contribution in [2.45, 2.75) is 36.8 Å². The van der Waals surface area contributed by atoms with Crippen LogP contribution >= 0.6 is 0 Å². The average molecular weight is 284 g/mol. The Morgan fingerprint density at radius 2 is 1.84 bits per heavy atom. The fourth-order valence-electron chi connectivity index (χ4n) is 3.08. The van der Waals surface area contributed by atoms with Crippen molar-refractivity contribution >= 4 is 10.0 Å². The number of H-pyrrole nitrogens is 1. The molecular formula is C12H20N4O2S. The number of hydrogen-bond acceptors (Lipinski definition) is 4. The Balaban J connectivity index is 1.64. The van der Waals surface area contributed by atoms with Crippen LogP contribution in [0.1, 0.15) is 25.7 Å². The molecule has 0 bridgehead atoms. The molecule has 7 heteroatoms. The molecule has 3 heterocycles. The van der Waals surface area contributed by atoms with E-state index in [1.165, 1.54) is 38.5 Å². The summed E-state index contributed by atoms with van der Waals surface area (Å²) in [6, 6.07) is 0.565. The van der Waals surface area contributed by atoms with Crippen LogP contribution in [-0.2, 0) is 10.0 Å². The van der Waals surface area contributed by atoms with Gasteiger partial charge in [0.25, 0.3) is 10.0 Å². The molecule has 2 aliphatic rings. The van der Waals surface area contributed by atoms with Crippen LogP contribution in [0.15, 0.2) is 17.6 Å². The van der Waals surface area contributed by atoms with Crippen molar-refractivity contribution in [3.05, 3.63) is 12.5 Å². The summed E-state index contributed by atoms with van der Waals surface area (Å²) in [5, 5.41) is 0.201. The van der Waals surface area contributed by atoms with Gasteiger partial charge in [-0.05, 0) is 38.8 Å². The molecule has 2 aliphatic heterocycles. The number of nitrogens with one attached hydrogen (secondary N) is 1. The maximum Gasteiger partial charge on any atom is 0.260 e. The molecule has 0 aliphatic carbocycles. The van der Waals surface area contributed by atoms with Crippen molar-refractivity contribution in [3.63, 3.8) is 0 Å². The number of nitrogens with zero attached hydrogens (tertiary/aromatic N) is 3. The summed E-state index contributed by atoms with van der Waals surface area (Å²) in [7, 11) is -3.37. The lowest BCUT2D eigenvalue weighted by Gasteiger charge is -2.35. The lowest BCUT2D eigenvalue weighted by atomic mass is 10.1. The highest BCUT2D eigenvalue weighted by molar-refractivity contribution is 7.89. The zero-order valence-electron chi connectivity index (χ0n) is 11.0. The molecule has 1 N–H and O–H groups in total. The van der Waals surface area contributed by atoms with Crippen molar-refractivity contribution in [1.29, 1.82) is 0 Å². The molecule has 0 saturated carbocycles. The maximum absolute atomic E-state index is 12.3. The van der Waals surface area contributed by atoms with Gasteiger partial charge in [0.2, 0.25) is 0 Å². The van der Waals surface area contributed by atoms with Gasteiger partial charge in [0.05, 0.1) is 12.5 Å². The van der Waals surface area contributed by atoms with E-state index in [1.807, 2.05) is 0 Å². The van der Waals surface area contributed by atoms with Gasteiger partial charge in [-0.2, -0.15) is 4.31 Å². The second-order valence-corrected chi connectivity index (χ2v) is 7.20. The number of aromatic amines is 1. The smallest absolute Gasteiger partial charge is 0.260 e. The third-order valence-corrected chi connectivity index (χ3v) is 6.00. The number of aromatic nitrogens is 2. The summed E-state index contributed by atoms with van der Waals surface area (Å²) < 4.78 is 26.2. The Morgan fingerprint density at radius 1 is 1.16 bits per heavy atom. The van der Waals surface area contributed by atoms with Gasteiger partial charge >= 0.3 is 0 Å². The zero-order chi connectivity index (χ0) is 13.3. The molecule has 0 radical (unpaired) electrons. The SMILES string of the molecule is O=S(=O)(c1cnc[nH]1)N1CCC(N2CCCC2)CC1. The van der Waals surface area contributed by atoms with Gasteiger partial charge < -0.3 is 9.88 Å². The first-order valence-corrected chi connectivity index (χ1v) is 8.34. The molecule has 106 valence electrons. The normalized spacial score (nSPS) is 24.0. The highest BCUT2D eigenvalue weighted by Crippen LogP contribution is 2.24. The van der Waals surface area contributed by atoms with E-state index in [9.17, 15) is 8.42 Å².